The molecule has 1 aliphatic heterocycles. The van der Waals surface area contributed by atoms with Crippen molar-refractivity contribution in [2.45, 2.75) is 25.8 Å². The minimum absolute atomic E-state index is 0.253. The topological polar surface area (TPSA) is 28.2 Å². The Kier molecular flexibility index (Phi) is 4.44. The maximum absolute atomic E-state index is 4.58. The van der Waals surface area contributed by atoms with Crippen LogP contribution in [-0.4, -0.2) is 18.1 Å². The van der Waals surface area contributed by atoms with E-state index in [4.69, 9.17) is 0 Å². The molecule has 110 valence electrons. The first-order chi connectivity index (χ1) is 10.2. The molecule has 1 N–H and O–H groups in total. The SMILES string of the molecule is CC(Nc1cccnc1N1CCCC1)c1ccc(Br)cc1. The van der Waals surface area contributed by atoms with Gasteiger partial charge in [0, 0.05) is 29.8 Å². The highest BCUT2D eigenvalue weighted by Crippen LogP contribution is 2.29. The van der Waals surface area contributed by atoms with E-state index in [1.807, 2.05) is 12.3 Å². The molecular formula is C17H20BrN3. The number of nitrogens with zero attached hydrogens (tertiary/aromatic N) is 2. The number of aromatic nitrogens is 1. The molecule has 1 aromatic heterocycles. The van der Waals surface area contributed by atoms with E-state index in [0.717, 1.165) is 29.1 Å². The normalized spacial score (nSPS) is 16.0. The fourth-order valence-electron chi connectivity index (χ4n) is 2.76. The number of pyridine rings is 1. The molecule has 0 amide bonds. The summed E-state index contributed by atoms with van der Waals surface area (Å²) in [6.07, 6.45) is 4.40. The Morgan fingerprint density at radius 3 is 2.57 bits per heavy atom. The molecule has 1 unspecified atom stereocenters. The van der Waals surface area contributed by atoms with Gasteiger partial charge in [-0.2, -0.15) is 0 Å². The summed E-state index contributed by atoms with van der Waals surface area (Å²) in [5.74, 6) is 1.08. The third kappa shape index (κ3) is 3.38. The molecule has 1 aromatic carbocycles. The number of anilines is 2. The van der Waals surface area contributed by atoms with Gasteiger partial charge in [-0.25, -0.2) is 4.98 Å². The second-order valence-corrected chi connectivity index (χ2v) is 6.40. The van der Waals surface area contributed by atoms with Crippen LogP contribution in [0.15, 0.2) is 47.1 Å². The van der Waals surface area contributed by atoms with Crippen LogP contribution >= 0.6 is 15.9 Å². The van der Waals surface area contributed by atoms with Crippen LogP contribution in [0.5, 0.6) is 0 Å². The molecule has 3 rings (SSSR count). The lowest BCUT2D eigenvalue weighted by Gasteiger charge is -2.23. The van der Waals surface area contributed by atoms with E-state index >= 15 is 0 Å². The van der Waals surface area contributed by atoms with Gasteiger partial charge in [-0.3, -0.25) is 0 Å². The molecule has 0 radical (unpaired) electrons. The number of rotatable bonds is 4. The fraction of sp³-hybridized carbons (Fsp3) is 0.353. The summed E-state index contributed by atoms with van der Waals surface area (Å²) >= 11 is 3.48. The predicted octanol–water partition coefficient (Wildman–Crippen LogP) is 4.62. The zero-order chi connectivity index (χ0) is 14.7. The van der Waals surface area contributed by atoms with Gasteiger partial charge in [0.15, 0.2) is 5.82 Å². The highest BCUT2D eigenvalue weighted by atomic mass is 79.9. The molecule has 3 nitrogen and oxygen atoms in total. The average Bonchev–Trinajstić information content (AvgIpc) is 3.02. The highest BCUT2D eigenvalue weighted by molar-refractivity contribution is 9.10. The first-order valence-electron chi connectivity index (χ1n) is 7.46. The van der Waals surface area contributed by atoms with E-state index in [9.17, 15) is 0 Å². The van der Waals surface area contributed by atoms with E-state index in [2.05, 4.69) is 68.4 Å². The molecular weight excluding hydrogens is 326 g/mol. The first-order valence-corrected chi connectivity index (χ1v) is 8.25. The van der Waals surface area contributed by atoms with Crippen molar-refractivity contribution in [3.8, 4) is 0 Å². The molecule has 2 heterocycles. The molecule has 1 saturated heterocycles. The summed E-state index contributed by atoms with van der Waals surface area (Å²) in [7, 11) is 0. The molecule has 0 spiro atoms. The number of benzene rings is 1. The molecule has 4 heteroatoms. The third-order valence-corrected chi connectivity index (χ3v) is 4.46. The standard InChI is InChI=1S/C17H20BrN3/c1-13(14-6-8-15(18)9-7-14)20-16-5-4-10-19-17(16)21-11-2-3-12-21/h4-10,13,20H,2-3,11-12H2,1H3. The summed E-state index contributed by atoms with van der Waals surface area (Å²) in [4.78, 5) is 6.95. The van der Waals surface area contributed by atoms with Crippen LogP contribution in [0.1, 0.15) is 31.4 Å². The zero-order valence-electron chi connectivity index (χ0n) is 12.2. The molecule has 0 saturated carbocycles. The third-order valence-electron chi connectivity index (χ3n) is 3.93. The average molecular weight is 346 g/mol. The summed E-state index contributed by atoms with van der Waals surface area (Å²) in [5.41, 5.74) is 2.39. The number of hydrogen-bond donors (Lipinski definition) is 1. The van der Waals surface area contributed by atoms with Crippen LogP contribution in [0.25, 0.3) is 0 Å². The molecule has 21 heavy (non-hydrogen) atoms. The zero-order valence-corrected chi connectivity index (χ0v) is 13.8. The molecule has 1 aliphatic rings. The molecule has 2 aromatic rings. The minimum Gasteiger partial charge on any atom is -0.376 e. The Labute approximate surface area is 134 Å². The van der Waals surface area contributed by atoms with Gasteiger partial charge in [0.1, 0.15) is 0 Å². The minimum atomic E-state index is 0.253. The summed E-state index contributed by atoms with van der Waals surface area (Å²) in [5, 5.41) is 3.60. The first kappa shape index (κ1) is 14.4. The Bertz CT molecular complexity index is 591. The predicted molar refractivity (Wildman–Crippen MR) is 91.9 cm³/mol. The van der Waals surface area contributed by atoms with Gasteiger partial charge < -0.3 is 10.2 Å². The Morgan fingerprint density at radius 1 is 1.14 bits per heavy atom. The van der Waals surface area contributed by atoms with Crippen molar-refractivity contribution < 1.29 is 0 Å². The lowest BCUT2D eigenvalue weighted by molar-refractivity contribution is 0.871. The van der Waals surface area contributed by atoms with Crippen molar-refractivity contribution in [2.24, 2.45) is 0 Å². The van der Waals surface area contributed by atoms with Gasteiger partial charge in [-0.05, 0) is 49.6 Å². The van der Waals surface area contributed by atoms with Crippen molar-refractivity contribution in [1.82, 2.24) is 4.98 Å². The smallest absolute Gasteiger partial charge is 0.151 e. The van der Waals surface area contributed by atoms with E-state index in [1.165, 1.54) is 18.4 Å². The Hall–Kier alpha value is -1.55. The summed E-state index contributed by atoms with van der Waals surface area (Å²) in [6, 6.07) is 12.8. The Balaban J connectivity index is 1.79. The van der Waals surface area contributed by atoms with Crippen molar-refractivity contribution >= 4 is 27.4 Å². The second kappa shape index (κ2) is 6.48. The van der Waals surface area contributed by atoms with Crippen LogP contribution in [0, 0.1) is 0 Å². The molecule has 1 atom stereocenters. The van der Waals surface area contributed by atoms with E-state index in [1.54, 1.807) is 0 Å². The van der Waals surface area contributed by atoms with Gasteiger partial charge in [0.05, 0.1) is 5.69 Å². The van der Waals surface area contributed by atoms with Gasteiger partial charge in [0.2, 0.25) is 0 Å². The molecule has 0 aliphatic carbocycles. The van der Waals surface area contributed by atoms with Crippen molar-refractivity contribution in [2.75, 3.05) is 23.3 Å². The Morgan fingerprint density at radius 2 is 1.86 bits per heavy atom. The fourth-order valence-corrected chi connectivity index (χ4v) is 3.02. The highest BCUT2D eigenvalue weighted by Gasteiger charge is 2.17. The number of halogens is 1. The summed E-state index contributed by atoms with van der Waals surface area (Å²) < 4.78 is 1.11. The van der Waals surface area contributed by atoms with Crippen LogP contribution in [0.2, 0.25) is 0 Å². The summed E-state index contributed by atoms with van der Waals surface area (Å²) in [6.45, 7) is 4.40. The maximum Gasteiger partial charge on any atom is 0.151 e. The van der Waals surface area contributed by atoms with Crippen molar-refractivity contribution in [3.05, 3.63) is 52.6 Å². The monoisotopic (exact) mass is 345 g/mol. The van der Waals surface area contributed by atoms with Gasteiger partial charge in [-0.1, -0.05) is 28.1 Å². The van der Waals surface area contributed by atoms with Crippen LogP contribution in [-0.2, 0) is 0 Å². The van der Waals surface area contributed by atoms with Gasteiger partial charge in [0.25, 0.3) is 0 Å². The van der Waals surface area contributed by atoms with E-state index < -0.39 is 0 Å². The molecule has 0 bridgehead atoms. The van der Waals surface area contributed by atoms with Crippen LogP contribution < -0.4 is 10.2 Å². The lowest BCUT2D eigenvalue weighted by atomic mass is 10.1. The van der Waals surface area contributed by atoms with Crippen LogP contribution in [0.4, 0.5) is 11.5 Å². The number of nitrogens with one attached hydrogen (secondary N) is 1. The second-order valence-electron chi connectivity index (χ2n) is 5.49. The lowest BCUT2D eigenvalue weighted by Crippen LogP contribution is -2.21. The van der Waals surface area contributed by atoms with Gasteiger partial charge in [-0.15, -0.1) is 0 Å². The van der Waals surface area contributed by atoms with E-state index in [0.29, 0.717) is 0 Å². The number of hydrogen-bond acceptors (Lipinski definition) is 3. The van der Waals surface area contributed by atoms with Gasteiger partial charge >= 0.3 is 0 Å². The molecule has 1 fully saturated rings. The maximum atomic E-state index is 4.58. The quantitative estimate of drug-likeness (QED) is 0.876. The largest absolute Gasteiger partial charge is 0.376 e. The van der Waals surface area contributed by atoms with E-state index in [-0.39, 0.29) is 6.04 Å². The van der Waals surface area contributed by atoms with Crippen molar-refractivity contribution in [1.29, 1.82) is 0 Å². The van der Waals surface area contributed by atoms with Crippen molar-refractivity contribution in [3.63, 3.8) is 0 Å². The van der Waals surface area contributed by atoms with Crippen LogP contribution in [0.3, 0.4) is 0 Å².